The maximum atomic E-state index is 12.5. The van der Waals surface area contributed by atoms with Gasteiger partial charge < -0.3 is 25.4 Å². The number of nitrogens with zero attached hydrogens (tertiary/aromatic N) is 3. The second-order valence-electron chi connectivity index (χ2n) is 9.45. The van der Waals surface area contributed by atoms with Gasteiger partial charge in [-0.3, -0.25) is 4.79 Å². The van der Waals surface area contributed by atoms with E-state index in [9.17, 15) is 9.90 Å². The second-order valence-corrected chi connectivity index (χ2v) is 9.45. The molecule has 2 aromatic carbocycles. The number of aliphatic hydroxyl groups excluding tert-OH is 1. The summed E-state index contributed by atoms with van der Waals surface area (Å²) in [6.45, 7) is 3.33. The summed E-state index contributed by atoms with van der Waals surface area (Å²) in [4.78, 5) is 23.8. The predicted octanol–water partition coefficient (Wildman–Crippen LogP) is 4.60. The molecule has 0 bridgehead atoms. The molecule has 8 heteroatoms. The standard InChI is InChI=1S/C28H33N5O3/c34-26(21-4-2-1-3-5-21)27(35)30-22-8-6-20(7-9-22)25-14-15-29-28(32-25)31-23-10-12-24(13-11-23)33-16-18-36-19-17-33/h6-15,21,26,34H,1-5,16-19H2,(H,30,35)(H,29,31,32)/t26-/m1/s1. The number of rotatable bonds is 7. The van der Waals surface area contributed by atoms with Crippen LogP contribution < -0.4 is 15.5 Å². The zero-order valence-corrected chi connectivity index (χ0v) is 20.4. The summed E-state index contributed by atoms with van der Waals surface area (Å²) in [5, 5.41) is 16.5. The van der Waals surface area contributed by atoms with Crippen molar-refractivity contribution in [2.45, 2.75) is 38.2 Å². The topological polar surface area (TPSA) is 99.6 Å². The molecule has 5 rings (SSSR count). The third-order valence-electron chi connectivity index (χ3n) is 6.97. The molecule has 36 heavy (non-hydrogen) atoms. The van der Waals surface area contributed by atoms with Crippen LogP contribution in [-0.2, 0) is 9.53 Å². The molecule has 1 amide bonds. The van der Waals surface area contributed by atoms with Gasteiger partial charge in [-0.15, -0.1) is 0 Å². The Morgan fingerprint density at radius 1 is 0.944 bits per heavy atom. The normalized spacial score (nSPS) is 17.4. The average Bonchev–Trinajstić information content (AvgIpc) is 2.94. The largest absolute Gasteiger partial charge is 0.383 e. The first-order valence-corrected chi connectivity index (χ1v) is 12.8. The van der Waals surface area contributed by atoms with E-state index in [-0.39, 0.29) is 11.8 Å². The van der Waals surface area contributed by atoms with E-state index in [1.807, 2.05) is 42.5 Å². The zero-order chi connectivity index (χ0) is 24.7. The minimum absolute atomic E-state index is 0.0561. The number of aliphatic hydroxyl groups is 1. The van der Waals surface area contributed by atoms with Crippen LogP contribution in [0.1, 0.15) is 32.1 Å². The lowest BCUT2D eigenvalue weighted by Crippen LogP contribution is -2.36. The van der Waals surface area contributed by atoms with E-state index in [0.29, 0.717) is 11.6 Å². The fourth-order valence-electron chi connectivity index (χ4n) is 4.89. The van der Waals surface area contributed by atoms with Crippen molar-refractivity contribution >= 4 is 28.9 Å². The van der Waals surface area contributed by atoms with Gasteiger partial charge in [-0.1, -0.05) is 31.4 Å². The van der Waals surface area contributed by atoms with Crippen molar-refractivity contribution in [1.29, 1.82) is 0 Å². The summed E-state index contributed by atoms with van der Waals surface area (Å²) in [7, 11) is 0. The Kier molecular flexibility index (Phi) is 7.73. The SMILES string of the molecule is O=C(Nc1ccc(-c2ccnc(Nc3ccc(N4CCOCC4)cc3)n2)cc1)[C@H](O)C1CCCCC1. The monoisotopic (exact) mass is 487 g/mol. The molecule has 3 N–H and O–H groups in total. The first-order chi connectivity index (χ1) is 17.7. The number of anilines is 4. The highest BCUT2D eigenvalue weighted by molar-refractivity contribution is 5.94. The molecule has 0 unspecified atom stereocenters. The third kappa shape index (κ3) is 6.01. The maximum Gasteiger partial charge on any atom is 0.253 e. The van der Waals surface area contributed by atoms with Gasteiger partial charge >= 0.3 is 0 Å². The summed E-state index contributed by atoms with van der Waals surface area (Å²) >= 11 is 0. The maximum absolute atomic E-state index is 12.5. The molecule has 2 heterocycles. The van der Waals surface area contributed by atoms with Crippen LogP contribution in [0, 0.1) is 5.92 Å². The summed E-state index contributed by atoms with van der Waals surface area (Å²) in [6.07, 6.45) is 5.95. The van der Waals surface area contributed by atoms with Gasteiger partial charge in [-0.25, -0.2) is 9.97 Å². The number of ether oxygens (including phenoxy) is 1. The Bertz CT molecular complexity index is 1140. The molecule has 0 radical (unpaired) electrons. The molecule has 188 valence electrons. The first-order valence-electron chi connectivity index (χ1n) is 12.8. The fraction of sp³-hybridized carbons (Fsp3) is 0.393. The minimum atomic E-state index is -0.955. The first kappa shape index (κ1) is 24.2. The molecule has 2 aliphatic rings. The Balaban J connectivity index is 1.20. The van der Waals surface area contributed by atoms with Crippen LogP contribution in [0.4, 0.5) is 23.0 Å². The zero-order valence-electron chi connectivity index (χ0n) is 20.4. The molecule has 1 saturated carbocycles. The Morgan fingerprint density at radius 2 is 1.64 bits per heavy atom. The molecule has 1 aliphatic heterocycles. The summed E-state index contributed by atoms with van der Waals surface area (Å²) in [5.41, 5.74) is 4.44. The lowest BCUT2D eigenvalue weighted by Gasteiger charge is -2.28. The molecule has 2 fully saturated rings. The minimum Gasteiger partial charge on any atom is -0.383 e. The van der Waals surface area contributed by atoms with E-state index in [0.717, 1.165) is 68.9 Å². The van der Waals surface area contributed by atoms with Crippen molar-refractivity contribution in [3.05, 3.63) is 60.8 Å². The highest BCUT2D eigenvalue weighted by atomic mass is 16.5. The van der Waals surface area contributed by atoms with Gasteiger partial charge in [-0.2, -0.15) is 0 Å². The smallest absolute Gasteiger partial charge is 0.253 e. The molecule has 8 nitrogen and oxygen atoms in total. The molecule has 3 aromatic rings. The number of hydrogen-bond donors (Lipinski definition) is 3. The predicted molar refractivity (Wildman–Crippen MR) is 141 cm³/mol. The number of carbonyl (C=O) groups is 1. The number of morpholine rings is 1. The number of benzene rings is 2. The Morgan fingerprint density at radius 3 is 2.36 bits per heavy atom. The highest BCUT2D eigenvalue weighted by Crippen LogP contribution is 2.28. The Labute approximate surface area is 211 Å². The number of hydrogen-bond acceptors (Lipinski definition) is 7. The van der Waals surface area contributed by atoms with E-state index in [1.165, 1.54) is 12.1 Å². The fourth-order valence-corrected chi connectivity index (χ4v) is 4.89. The van der Waals surface area contributed by atoms with Crippen LogP contribution in [0.15, 0.2) is 60.8 Å². The van der Waals surface area contributed by atoms with Crippen LogP contribution in [0.3, 0.4) is 0 Å². The van der Waals surface area contributed by atoms with Gasteiger partial charge in [0.05, 0.1) is 18.9 Å². The van der Waals surface area contributed by atoms with Gasteiger partial charge in [0.25, 0.3) is 5.91 Å². The Hall–Kier alpha value is -3.49. The van der Waals surface area contributed by atoms with Crippen LogP contribution in [0.2, 0.25) is 0 Å². The van der Waals surface area contributed by atoms with E-state index in [4.69, 9.17) is 4.74 Å². The van der Waals surface area contributed by atoms with Crippen LogP contribution in [0.25, 0.3) is 11.3 Å². The number of nitrogens with one attached hydrogen (secondary N) is 2. The van der Waals surface area contributed by atoms with Gasteiger partial charge in [0.1, 0.15) is 6.10 Å². The van der Waals surface area contributed by atoms with Crippen molar-refractivity contribution in [3.63, 3.8) is 0 Å². The number of amides is 1. The van der Waals surface area contributed by atoms with Crippen LogP contribution >= 0.6 is 0 Å². The molecule has 1 aromatic heterocycles. The molecule has 0 spiro atoms. The molecular weight excluding hydrogens is 454 g/mol. The van der Waals surface area contributed by atoms with Gasteiger partial charge in [-0.05, 0) is 61.2 Å². The van der Waals surface area contributed by atoms with Crippen molar-refractivity contribution in [3.8, 4) is 11.3 Å². The van der Waals surface area contributed by atoms with Crippen molar-refractivity contribution in [1.82, 2.24) is 9.97 Å². The summed E-state index contributed by atoms with van der Waals surface area (Å²) in [6, 6.07) is 17.6. The van der Waals surface area contributed by atoms with E-state index in [2.05, 4.69) is 37.6 Å². The number of carbonyl (C=O) groups excluding carboxylic acids is 1. The lowest BCUT2D eigenvalue weighted by molar-refractivity contribution is -0.127. The van der Waals surface area contributed by atoms with Crippen LogP contribution in [0.5, 0.6) is 0 Å². The van der Waals surface area contributed by atoms with Crippen molar-refractivity contribution in [2.24, 2.45) is 5.92 Å². The van der Waals surface area contributed by atoms with E-state index >= 15 is 0 Å². The lowest BCUT2D eigenvalue weighted by atomic mass is 9.85. The van der Waals surface area contributed by atoms with Crippen molar-refractivity contribution in [2.75, 3.05) is 41.8 Å². The molecule has 1 saturated heterocycles. The van der Waals surface area contributed by atoms with Gasteiger partial charge in [0.2, 0.25) is 5.95 Å². The molecule has 1 atom stereocenters. The van der Waals surface area contributed by atoms with Crippen LogP contribution in [-0.4, -0.2) is 53.4 Å². The van der Waals surface area contributed by atoms with E-state index < -0.39 is 6.10 Å². The van der Waals surface area contributed by atoms with Gasteiger partial charge in [0, 0.05) is 41.9 Å². The molecular formula is C28H33N5O3. The highest BCUT2D eigenvalue weighted by Gasteiger charge is 2.27. The summed E-state index contributed by atoms with van der Waals surface area (Å²) in [5.74, 6) is 0.239. The summed E-state index contributed by atoms with van der Waals surface area (Å²) < 4.78 is 5.43. The van der Waals surface area contributed by atoms with Gasteiger partial charge in [0.15, 0.2) is 0 Å². The number of aromatic nitrogens is 2. The van der Waals surface area contributed by atoms with Crippen molar-refractivity contribution < 1.29 is 14.6 Å². The molecule has 1 aliphatic carbocycles. The average molecular weight is 488 g/mol. The quantitative estimate of drug-likeness (QED) is 0.448. The second kappa shape index (κ2) is 11.5. The van der Waals surface area contributed by atoms with E-state index in [1.54, 1.807) is 6.20 Å². The third-order valence-corrected chi connectivity index (χ3v) is 6.97.